The van der Waals surface area contributed by atoms with Gasteiger partial charge < -0.3 is 4.74 Å². The summed E-state index contributed by atoms with van der Waals surface area (Å²) in [4.78, 5) is 5.57. The van der Waals surface area contributed by atoms with Gasteiger partial charge in [0.2, 0.25) is 0 Å². The molecule has 0 aromatic heterocycles. The normalized spacial score (nSPS) is 46.3. The first-order valence-electron chi connectivity index (χ1n) is 9.32. The number of ether oxygens (including phenoxy) is 1. The molecule has 0 aromatic rings. The Hall–Kier alpha value is -0.120. The third kappa shape index (κ3) is 2.89. The lowest BCUT2D eigenvalue weighted by Gasteiger charge is -2.45. The van der Waals surface area contributed by atoms with Gasteiger partial charge >= 0.3 is 0 Å². The maximum atomic E-state index is 5.89. The molecule has 2 saturated carbocycles. The molecular weight excluding hydrogens is 260 g/mol. The zero-order valence-corrected chi connectivity index (χ0v) is 13.8. The van der Waals surface area contributed by atoms with Crippen LogP contribution in [0.1, 0.15) is 52.4 Å². The second-order valence-electron chi connectivity index (χ2n) is 8.22. The molecule has 4 rings (SSSR count). The molecular formula is C18H32N2O. The molecule has 0 aromatic carbocycles. The monoisotopic (exact) mass is 292 g/mol. The Morgan fingerprint density at radius 3 is 2.10 bits per heavy atom. The van der Waals surface area contributed by atoms with Crippen molar-refractivity contribution in [2.45, 2.75) is 76.7 Å². The number of piperidine rings is 1. The van der Waals surface area contributed by atoms with E-state index in [2.05, 4.69) is 23.6 Å². The van der Waals surface area contributed by atoms with E-state index in [1.807, 2.05) is 0 Å². The van der Waals surface area contributed by atoms with Gasteiger partial charge in [0.25, 0.3) is 0 Å². The van der Waals surface area contributed by atoms with Crippen molar-refractivity contribution in [1.82, 2.24) is 9.80 Å². The Bertz CT molecular complexity index is 356. The van der Waals surface area contributed by atoms with Gasteiger partial charge in [-0.25, -0.2) is 0 Å². The summed E-state index contributed by atoms with van der Waals surface area (Å²) in [6, 6.07) is 1.76. The van der Waals surface area contributed by atoms with Crippen molar-refractivity contribution in [1.29, 1.82) is 0 Å². The molecule has 120 valence electrons. The summed E-state index contributed by atoms with van der Waals surface area (Å²) in [6.07, 6.45) is 9.70. The van der Waals surface area contributed by atoms with Crippen molar-refractivity contribution in [3.05, 3.63) is 0 Å². The fourth-order valence-corrected chi connectivity index (χ4v) is 5.76. The molecule has 2 bridgehead atoms. The van der Waals surface area contributed by atoms with Gasteiger partial charge in [0.15, 0.2) is 0 Å². The van der Waals surface area contributed by atoms with Crippen molar-refractivity contribution in [3.63, 3.8) is 0 Å². The Kier molecular flexibility index (Phi) is 4.01. The Morgan fingerprint density at radius 1 is 0.810 bits per heavy atom. The fraction of sp³-hybridized carbons (Fsp3) is 1.00. The Morgan fingerprint density at radius 2 is 1.52 bits per heavy atom. The van der Waals surface area contributed by atoms with E-state index in [4.69, 9.17) is 4.74 Å². The number of morpholine rings is 1. The van der Waals surface area contributed by atoms with E-state index in [0.29, 0.717) is 12.2 Å². The Balaban J connectivity index is 1.30. The first-order chi connectivity index (χ1) is 10.2. The average molecular weight is 292 g/mol. The molecule has 2 heterocycles. The van der Waals surface area contributed by atoms with Crippen molar-refractivity contribution < 1.29 is 4.74 Å². The van der Waals surface area contributed by atoms with Gasteiger partial charge in [-0.05, 0) is 70.9 Å². The van der Waals surface area contributed by atoms with E-state index in [0.717, 1.165) is 37.0 Å². The van der Waals surface area contributed by atoms with Crippen LogP contribution in [0.15, 0.2) is 0 Å². The summed E-state index contributed by atoms with van der Waals surface area (Å²) >= 11 is 0. The average Bonchev–Trinajstić information content (AvgIpc) is 3.09. The minimum absolute atomic E-state index is 0.414. The van der Waals surface area contributed by atoms with Crippen LogP contribution >= 0.6 is 0 Å². The molecule has 3 heteroatoms. The highest BCUT2D eigenvalue weighted by Gasteiger charge is 2.43. The van der Waals surface area contributed by atoms with Gasteiger partial charge in [-0.3, -0.25) is 9.80 Å². The van der Waals surface area contributed by atoms with Gasteiger partial charge in [0, 0.05) is 25.2 Å². The number of rotatable bonds is 2. The van der Waals surface area contributed by atoms with Crippen LogP contribution < -0.4 is 0 Å². The standard InChI is InChI=1S/C18H32N2O/c1-13-11-20(12-14(2)21-13)17-5-7-19(8-6-17)18-10-15-3-4-16(18)9-15/h13-18H,3-12H2,1-2H3/t13-,14+,15-,16-,18-/m0/s1. The summed E-state index contributed by atoms with van der Waals surface area (Å²) in [5.41, 5.74) is 0. The van der Waals surface area contributed by atoms with E-state index in [-0.39, 0.29) is 0 Å². The second kappa shape index (κ2) is 5.82. The van der Waals surface area contributed by atoms with Crippen LogP contribution in [-0.2, 0) is 4.74 Å². The zero-order valence-electron chi connectivity index (χ0n) is 13.8. The summed E-state index contributed by atoms with van der Waals surface area (Å²) in [5.74, 6) is 2.13. The minimum Gasteiger partial charge on any atom is -0.373 e. The lowest BCUT2D eigenvalue weighted by Crippen LogP contribution is -2.54. The van der Waals surface area contributed by atoms with Crippen LogP contribution in [0.3, 0.4) is 0 Å². The Labute approximate surface area is 130 Å². The van der Waals surface area contributed by atoms with E-state index < -0.39 is 0 Å². The molecule has 21 heavy (non-hydrogen) atoms. The van der Waals surface area contributed by atoms with E-state index in [1.165, 1.54) is 45.2 Å². The minimum atomic E-state index is 0.414. The fourth-order valence-electron chi connectivity index (χ4n) is 5.76. The molecule has 0 unspecified atom stereocenters. The highest BCUT2D eigenvalue weighted by Crippen LogP contribution is 2.47. The third-order valence-electron chi connectivity index (χ3n) is 6.63. The molecule has 3 nitrogen and oxygen atoms in total. The van der Waals surface area contributed by atoms with Crippen molar-refractivity contribution in [2.24, 2.45) is 11.8 Å². The number of nitrogens with zero attached hydrogens (tertiary/aromatic N) is 2. The number of hydrogen-bond acceptors (Lipinski definition) is 3. The van der Waals surface area contributed by atoms with Crippen LogP contribution in [0.2, 0.25) is 0 Å². The van der Waals surface area contributed by atoms with Gasteiger partial charge in [0.1, 0.15) is 0 Å². The molecule has 0 N–H and O–H groups in total. The van der Waals surface area contributed by atoms with Crippen molar-refractivity contribution >= 4 is 0 Å². The van der Waals surface area contributed by atoms with Crippen LogP contribution in [0.25, 0.3) is 0 Å². The van der Waals surface area contributed by atoms with Crippen molar-refractivity contribution in [2.75, 3.05) is 26.2 Å². The zero-order chi connectivity index (χ0) is 14.4. The van der Waals surface area contributed by atoms with Crippen molar-refractivity contribution in [3.8, 4) is 0 Å². The molecule has 2 aliphatic heterocycles. The smallest absolute Gasteiger partial charge is 0.0678 e. The molecule has 0 spiro atoms. The van der Waals surface area contributed by atoms with E-state index >= 15 is 0 Å². The quantitative estimate of drug-likeness (QED) is 0.778. The maximum absolute atomic E-state index is 5.89. The molecule has 2 aliphatic carbocycles. The molecule has 5 atom stereocenters. The van der Waals surface area contributed by atoms with Gasteiger partial charge in [-0.15, -0.1) is 0 Å². The van der Waals surface area contributed by atoms with Gasteiger partial charge in [-0.1, -0.05) is 6.42 Å². The third-order valence-corrected chi connectivity index (χ3v) is 6.63. The predicted octanol–water partition coefficient (Wildman–Crippen LogP) is 2.75. The predicted molar refractivity (Wildman–Crippen MR) is 85.4 cm³/mol. The SMILES string of the molecule is C[C@@H]1CN(C2CCN([C@H]3C[C@H]4CC[C@H]3C4)CC2)C[C@H](C)O1. The highest BCUT2D eigenvalue weighted by molar-refractivity contribution is 4.97. The number of fused-ring (bicyclic) bond motifs is 2. The van der Waals surface area contributed by atoms with Crippen LogP contribution in [0.5, 0.6) is 0 Å². The molecule has 2 saturated heterocycles. The van der Waals surface area contributed by atoms with Gasteiger partial charge in [0.05, 0.1) is 12.2 Å². The number of hydrogen-bond donors (Lipinski definition) is 0. The van der Waals surface area contributed by atoms with Crippen LogP contribution in [-0.4, -0.2) is 60.3 Å². The number of likely N-dealkylation sites (tertiary alicyclic amines) is 1. The van der Waals surface area contributed by atoms with Crippen LogP contribution in [0, 0.1) is 11.8 Å². The lowest BCUT2D eigenvalue weighted by molar-refractivity contribution is -0.0879. The molecule has 4 fully saturated rings. The first-order valence-corrected chi connectivity index (χ1v) is 9.32. The second-order valence-corrected chi connectivity index (χ2v) is 8.22. The van der Waals surface area contributed by atoms with Crippen LogP contribution in [0.4, 0.5) is 0 Å². The summed E-state index contributed by atoms with van der Waals surface area (Å²) in [7, 11) is 0. The molecule has 0 radical (unpaired) electrons. The molecule has 0 amide bonds. The lowest BCUT2D eigenvalue weighted by atomic mass is 9.91. The highest BCUT2D eigenvalue weighted by atomic mass is 16.5. The molecule has 4 aliphatic rings. The summed E-state index contributed by atoms with van der Waals surface area (Å²) in [6.45, 7) is 9.43. The maximum Gasteiger partial charge on any atom is 0.0678 e. The largest absolute Gasteiger partial charge is 0.373 e. The first kappa shape index (κ1) is 14.5. The summed E-state index contributed by atoms with van der Waals surface area (Å²) in [5, 5.41) is 0. The van der Waals surface area contributed by atoms with Gasteiger partial charge in [-0.2, -0.15) is 0 Å². The van der Waals surface area contributed by atoms with E-state index in [9.17, 15) is 0 Å². The summed E-state index contributed by atoms with van der Waals surface area (Å²) < 4.78 is 5.89. The van der Waals surface area contributed by atoms with E-state index in [1.54, 1.807) is 6.42 Å². The topological polar surface area (TPSA) is 15.7 Å².